The molecule has 16 heavy (non-hydrogen) atoms. The Balaban J connectivity index is 1.83. The first-order valence-corrected chi connectivity index (χ1v) is 7.10. The third-order valence-corrected chi connectivity index (χ3v) is 4.64. The van der Waals surface area contributed by atoms with Gasteiger partial charge in [0.25, 0.3) is 0 Å². The summed E-state index contributed by atoms with van der Waals surface area (Å²) < 4.78 is 5.87. The Labute approximate surface area is 100 Å². The summed E-state index contributed by atoms with van der Waals surface area (Å²) in [6, 6.07) is 1.41. The monoisotopic (exact) mass is 225 g/mol. The number of ether oxygens (including phenoxy) is 1. The molecule has 2 nitrogen and oxygen atoms in total. The van der Waals surface area contributed by atoms with Gasteiger partial charge in [0.05, 0.1) is 6.10 Å². The number of hydrogen-bond acceptors (Lipinski definition) is 2. The molecule has 0 bridgehead atoms. The Kier molecular flexibility index (Phi) is 3.91. The number of rotatable bonds is 6. The summed E-state index contributed by atoms with van der Waals surface area (Å²) in [7, 11) is 0. The molecule has 0 heterocycles. The predicted octanol–water partition coefficient (Wildman–Crippen LogP) is 3.11. The number of nitrogens with one attached hydrogen (secondary N) is 1. The van der Waals surface area contributed by atoms with E-state index in [1.54, 1.807) is 0 Å². The summed E-state index contributed by atoms with van der Waals surface area (Å²) in [5, 5.41) is 3.82. The molecule has 2 aliphatic carbocycles. The molecule has 1 N–H and O–H groups in total. The van der Waals surface area contributed by atoms with Crippen LogP contribution in [0.2, 0.25) is 0 Å². The molecule has 2 heteroatoms. The van der Waals surface area contributed by atoms with E-state index >= 15 is 0 Å². The van der Waals surface area contributed by atoms with E-state index in [0.29, 0.717) is 17.6 Å². The molecule has 0 saturated heterocycles. The van der Waals surface area contributed by atoms with Crippen molar-refractivity contribution < 1.29 is 4.74 Å². The summed E-state index contributed by atoms with van der Waals surface area (Å²) in [6.07, 6.45) is 8.54. The topological polar surface area (TPSA) is 21.3 Å². The standard InChI is InChI=1S/C14H27NO/c1-4-7-11(3)15-12-10-13(16-5-2)14(12)8-6-9-14/h11-13,15H,4-10H2,1-3H3. The van der Waals surface area contributed by atoms with Crippen molar-refractivity contribution in [2.45, 2.75) is 77.5 Å². The Bertz CT molecular complexity index is 225. The second kappa shape index (κ2) is 5.05. The fraction of sp³-hybridized carbons (Fsp3) is 1.00. The van der Waals surface area contributed by atoms with Crippen molar-refractivity contribution in [3.05, 3.63) is 0 Å². The molecular weight excluding hydrogens is 198 g/mol. The molecule has 0 aliphatic heterocycles. The van der Waals surface area contributed by atoms with Crippen LogP contribution in [0.25, 0.3) is 0 Å². The van der Waals surface area contributed by atoms with E-state index in [1.165, 1.54) is 38.5 Å². The fourth-order valence-corrected chi connectivity index (χ4v) is 3.53. The highest BCUT2D eigenvalue weighted by atomic mass is 16.5. The lowest BCUT2D eigenvalue weighted by Gasteiger charge is -2.61. The van der Waals surface area contributed by atoms with Crippen molar-refractivity contribution in [3.63, 3.8) is 0 Å². The second-order valence-electron chi connectivity index (χ2n) is 5.68. The highest BCUT2D eigenvalue weighted by molar-refractivity contribution is 5.12. The summed E-state index contributed by atoms with van der Waals surface area (Å²) in [6.45, 7) is 7.58. The molecule has 2 rings (SSSR count). The molecular formula is C14H27NO. The number of hydrogen-bond donors (Lipinski definition) is 1. The van der Waals surface area contributed by atoms with E-state index in [2.05, 4.69) is 26.1 Å². The fourth-order valence-electron chi connectivity index (χ4n) is 3.53. The van der Waals surface area contributed by atoms with Crippen molar-refractivity contribution in [3.8, 4) is 0 Å². The van der Waals surface area contributed by atoms with E-state index in [1.807, 2.05) is 0 Å². The molecule has 0 radical (unpaired) electrons. The highest BCUT2D eigenvalue weighted by Crippen LogP contribution is 2.57. The first kappa shape index (κ1) is 12.4. The SMILES string of the molecule is CCCC(C)NC1CC(OCC)C12CCC2. The lowest BCUT2D eigenvalue weighted by atomic mass is 9.51. The van der Waals surface area contributed by atoms with Crippen LogP contribution in [0.4, 0.5) is 0 Å². The van der Waals surface area contributed by atoms with Gasteiger partial charge in [0.15, 0.2) is 0 Å². The maximum absolute atomic E-state index is 5.87. The van der Waals surface area contributed by atoms with Gasteiger partial charge in [-0.15, -0.1) is 0 Å². The van der Waals surface area contributed by atoms with Crippen LogP contribution in [-0.4, -0.2) is 24.8 Å². The van der Waals surface area contributed by atoms with Crippen molar-refractivity contribution in [1.82, 2.24) is 5.32 Å². The third-order valence-electron chi connectivity index (χ3n) is 4.64. The smallest absolute Gasteiger partial charge is 0.0661 e. The molecule has 2 saturated carbocycles. The Hall–Kier alpha value is -0.0800. The van der Waals surface area contributed by atoms with Crippen molar-refractivity contribution in [2.24, 2.45) is 5.41 Å². The van der Waals surface area contributed by atoms with Gasteiger partial charge in [-0.25, -0.2) is 0 Å². The molecule has 1 spiro atoms. The van der Waals surface area contributed by atoms with Gasteiger partial charge in [0.1, 0.15) is 0 Å². The third kappa shape index (κ3) is 2.02. The normalized spacial score (nSPS) is 33.2. The molecule has 2 aliphatic rings. The molecule has 0 aromatic carbocycles. The molecule has 3 atom stereocenters. The van der Waals surface area contributed by atoms with Gasteiger partial charge in [-0.3, -0.25) is 0 Å². The largest absolute Gasteiger partial charge is 0.378 e. The van der Waals surface area contributed by atoms with Crippen LogP contribution >= 0.6 is 0 Å². The molecule has 3 unspecified atom stereocenters. The van der Waals surface area contributed by atoms with Gasteiger partial charge < -0.3 is 10.1 Å². The maximum Gasteiger partial charge on any atom is 0.0661 e. The van der Waals surface area contributed by atoms with Crippen molar-refractivity contribution in [2.75, 3.05) is 6.61 Å². The van der Waals surface area contributed by atoms with Crippen LogP contribution in [0.1, 0.15) is 59.3 Å². The zero-order valence-corrected chi connectivity index (χ0v) is 11.1. The zero-order valence-electron chi connectivity index (χ0n) is 11.1. The van der Waals surface area contributed by atoms with E-state index in [4.69, 9.17) is 4.74 Å². The van der Waals surface area contributed by atoms with E-state index in [9.17, 15) is 0 Å². The van der Waals surface area contributed by atoms with Crippen molar-refractivity contribution >= 4 is 0 Å². The summed E-state index contributed by atoms with van der Waals surface area (Å²) in [5.74, 6) is 0. The van der Waals surface area contributed by atoms with Crippen molar-refractivity contribution in [1.29, 1.82) is 0 Å². The lowest BCUT2D eigenvalue weighted by Crippen LogP contribution is -2.67. The van der Waals surface area contributed by atoms with Crippen LogP contribution in [0.5, 0.6) is 0 Å². The highest BCUT2D eigenvalue weighted by Gasteiger charge is 2.58. The minimum absolute atomic E-state index is 0.526. The predicted molar refractivity (Wildman–Crippen MR) is 67.6 cm³/mol. The average molecular weight is 225 g/mol. The first-order valence-electron chi connectivity index (χ1n) is 7.10. The first-order chi connectivity index (χ1) is 7.73. The van der Waals surface area contributed by atoms with Gasteiger partial charge in [0, 0.05) is 24.1 Å². The van der Waals surface area contributed by atoms with Gasteiger partial charge in [-0.05, 0) is 39.5 Å². The van der Waals surface area contributed by atoms with E-state index in [-0.39, 0.29) is 0 Å². The van der Waals surface area contributed by atoms with Gasteiger partial charge in [-0.1, -0.05) is 19.8 Å². The maximum atomic E-state index is 5.87. The second-order valence-corrected chi connectivity index (χ2v) is 5.68. The van der Waals surface area contributed by atoms with E-state index in [0.717, 1.165) is 12.6 Å². The minimum Gasteiger partial charge on any atom is -0.378 e. The van der Waals surface area contributed by atoms with Crippen LogP contribution in [0.3, 0.4) is 0 Å². The van der Waals surface area contributed by atoms with Gasteiger partial charge >= 0.3 is 0 Å². The zero-order chi connectivity index (χ0) is 11.6. The summed E-state index contributed by atoms with van der Waals surface area (Å²) >= 11 is 0. The quantitative estimate of drug-likeness (QED) is 0.750. The molecule has 0 amide bonds. The van der Waals surface area contributed by atoms with Gasteiger partial charge in [-0.2, -0.15) is 0 Å². The summed E-state index contributed by atoms with van der Waals surface area (Å²) in [5.41, 5.74) is 0.526. The molecule has 0 aromatic rings. The Morgan fingerprint density at radius 2 is 2.12 bits per heavy atom. The summed E-state index contributed by atoms with van der Waals surface area (Å²) in [4.78, 5) is 0. The minimum atomic E-state index is 0.526. The van der Waals surface area contributed by atoms with Crippen LogP contribution in [0.15, 0.2) is 0 Å². The van der Waals surface area contributed by atoms with E-state index < -0.39 is 0 Å². The van der Waals surface area contributed by atoms with Crippen LogP contribution in [-0.2, 0) is 4.74 Å². The van der Waals surface area contributed by atoms with Gasteiger partial charge in [0.2, 0.25) is 0 Å². The van der Waals surface area contributed by atoms with Crippen LogP contribution < -0.4 is 5.32 Å². The molecule has 0 aromatic heterocycles. The Morgan fingerprint density at radius 3 is 2.62 bits per heavy atom. The molecule has 2 fully saturated rings. The average Bonchev–Trinajstić information content (AvgIpc) is 2.13. The van der Waals surface area contributed by atoms with Crippen LogP contribution in [0, 0.1) is 5.41 Å². The Morgan fingerprint density at radius 1 is 1.38 bits per heavy atom. The lowest BCUT2D eigenvalue weighted by molar-refractivity contribution is -0.174. The molecule has 94 valence electrons.